The highest BCUT2D eigenvalue weighted by Crippen LogP contribution is 2.40. The summed E-state index contributed by atoms with van der Waals surface area (Å²) in [6.07, 6.45) is 1.22. The van der Waals surface area contributed by atoms with Crippen LogP contribution in [0.15, 0.2) is 41.8 Å². The lowest BCUT2D eigenvalue weighted by Crippen LogP contribution is -2.16. The number of rotatable bonds is 4. The zero-order valence-electron chi connectivity index (χ0n) is 9.97. The zero-order chi connectivity index (χ0) is 12.4. The first-order valence-electron chi connectivity index (χ1n) is 6.12. The van der Waals surface area contributed by atoms with Crippen molar-refractivity contribution in [3.8, 4) is 6.07 Å². The molecule has 1 aromatic heterocycles. The van der Waals surface area contributed by atoms with Crippen LogP contribution in [0.25, 0.3) is 0 Å². The van der Waals surface area contributed by atoms with E-state index in [0.29, 0.717) is 12.0 Å². The molecule has 0 saturated heterocycles. The van der Waals surface area contributed by atoms with Gasteiger partial charge in [-0.2, -0.15) is 5.26 Å². The standard InChI is InChI=1S/C15H14N2S/c16-8-11-6-13(18-10-11)9-17-15-7-14(15)12-4-2-1-3-5-12/h1-6,10,14-15,17H,7,9H2. The van der Waals surface area contributed by atoms with Crippen molar-refractivity contribution < 1.29 is 0 Å². The Bertz CT molecular complexity index is 568. The summed E-state index contributed by atoms with van der Waals surface area (Å²) in [5.74, 6) is 0.668. The lowest BCUT2D eigenvalue weighted by molar-refractivity contribution is 0.679. The molecule has 90 valence electrons. The van der Waals surface area contributed by atoms with Crippen LogP contribution in [0.3, 0.4) is 0 Å². The van der Waals surface area contributed by atoms with Gasteiger partial charge in [-0.15, -0.1) is 11.3 Å². The molecule has 1 aromatic carbocycles. The molecule has 0 amide bonds. The highest BCUT2D eigenvalue weighted by Gasteiger charge is 2.37. The van der Waals surface area contributed by atoms with Gasteiger partial charge in [-0.3, -0.25) is 0 Å². The van der Waals surface area contributed by atoms with Gasteiger partial charge in [0, 0.05) is 28.8 Å². The van der Waals surface area contributed by atoms with Crippen LogP contribution in [0.2, 0.25) is 0 Å². The Balaban J connectivity index is 1.53. The number of nitrogens with one attached hydrogen (secondary N) is 1. The fourth-order valence-electron chi connectivity index (χ4n) is 2.25. The Labute approximate surface area is 111 Å². The van der Waals surface area contributed by atoms with Gasteiger partial charge >= 0.3 is 0 Å². The van der Waals surface area contributed by atoms with Crippen LogP contribution >= 0.6 is 11.3 Å². The molecule has 3 heteroatoms. The third-order valence-electron chi connectivity index (χ3n) is 3.34. The minimum atomic E-state index is 0.597. The van der Waals surface area contributed by atoms with E-state index in [1.165, 1.54) is 16.9 Å². The van der Waals surface area contributed by atoms with Gasteiger partial charge in [-0.25, -0.2) is 0 Å². The number of hydrogen-bond acceptors (Lipinski definition) is 3. The number of hydrogen-bond donors (Lipinski definition) is 1. The van der Waals surface area contributed by atoms with Crippen molar-refractivity contribution in [2.75, 3.05) is 0 Å². The maximum Gasteiger partial charge on any atom is 0.100 e. The highest BCUT2D eigenvalue weighted by molar-refractivity contribution is 7.10. The molecule has 0 aliphatic heterocycles. The molecular weight excluding hydrogens is 240 g/mol. The molecule has 18 heavy (non-hydrogen) atoms. The first-order chi connectivity index (χ1) is 8.86. The summed E-state index contributed by atoms with van der Waals surface area (Å²) in [5, 5.41) is 14.2. The van der Waals surface area contributed by atoms with E-state index < -0.39 is 0 Å². The van der Waals surface area contributed by atoms with Gasteiger partial charge in [0.1, 0.15) is 6.07 Å². The minimum absolute atomic E-state index is 0.597. The molecule has 1 aliphatic carbocycles. The van der Waals surface area contributed by atoms with Gasteiger partial charge in [0.05, 0.1) is 5.56 Å². The third-order valence-corrected chi connectivity index (χ3v) is 4.28. The number of benzene rings is 1. The van der Waals surface area contributed by atoms with Gasteiger partial charge in [0.15, 0.2) is 0 Å². The van der Waals surface area contributed by atoms with Crippen molar-refractivity contribution in [3.63, 3.8) is 0 Å². The van der Waals surface area contributed by atoms with E-state index in [-0.39, 0.29) is 0 Å². The molecular formula is C15H14N2S. The van der Waals surface area contributed by atoms with Crippen LogP contribution in [-0.4, -0.2) is 6.04 Å². The smallest absolute Gasteiger partial charge is 0.100 e. The normalized spacial score (nSPS) is 21.5. The largest absolute Gasteiger partial charge is 0.308 e. The molecule has 0 spiro atoms. The lowest BCUT2D eigenvalue weighted by atomic mass is 10.1. The quantitative estimate of drug-likeness (QED) is 0.909. The summed E-state index contributed by atoms with van der Waals surface area (Å²) >= 11 is 1.66. The Kier molecular flexibility index (Phi) is 3.14. The summed E-state index contributed by atoms with van der Waals surface area (Å²) in [4.78, 5) is 1.24. The topological polar surface area (TPSA) is 35.8 Å². The Morgan fingerprint density at radius 3 is 2.89 bits per heavy atom. The Hall–Kier alpha value is -1.63. The highest BCUT2D eigenvalue weighted by atomic mass is 32.1. The second-order valence-electron chi connectivity index (χ2n) is 4.65. The van der Waals surface area contributed by atoms with Gasteiger partial charge in [0.2, 0.25) is 0 Å². The van der Waals surface area contributed by atoms with E-state index in [4.69, 9.17) is 5.26 Å². The van der Waals surface area contributed by atoms with E-state index >= 15 is 0 Å². The summed E-state index contributed by atoms with van der Waals surface area (Å²) < 4.78 is 0. The SMILES string of the molecule is N#Cc1csc(CNC2CC2c2ccccc2)c1. The average Bonchev–Trinajstić information content (AvgIpc) is 3.06. The van der Waals surface area contributed by atoms with Crippen LogP contribution in [0, 0.1) is 11.3 Å². The molecule has 2 aromatic rings. The molecule has 1 N–H and O–H groups in total. The lowest BCUT2D eigenvalue weighted by Gasteiger charge is -2.02. The summed E-state index contributed by atoms with van der Waals surface area (Å²) in [6, 6.07) is 15.4. The van der Waals surface area contributed by atoms with Crippen molar-refractivity contribution in [2.24, 2.45) is 0 Å². The second-order valence-corrected chi connectivity index (χ2v) is 5.65. The molecule has 2 nitrogen and oxygen atoms in total. The summed E-state index contributed by atoms with van der Waals surface area (Å²) in [6.45, 7) is 0.875. The first-order valence-corrected chi connectivity index (χ1v) is 7.00. The molecule has 3 rings (SSSR count). The van der Waals surface area contributed by atoms with Crippen LogP contribution < -0.4 is 5.32 Å². The molecule has 1 saturated carbocycles. The Morgan fingerprint density at radius 2 is 2.17 bits per heavy atom. The van der Waals surface area contributed by atoms with E-state index in [1.54, 1.807) is 11.3 Å². The molecule has 0 radical (unpaired) electrons. The predicted molar refractivity (Wildman–Crippen MR) is 73.5 cm³/mol. The van der Waals surface area contributed by atoms with Crippen molar-refractivity contribution in [1.29, 1.82) is 5.26 Å². The van der Waals surface area contributed by atoms with Gasteiger partial charge in [-0.1, -0.05) is 30.3 Å². The maximum absolute atomic E-state index is 8.77. The fraction of sp³-hybridized carbons (Fsp3) is 0.267. The second kappa shape index (κ2) is 4.93. The van der Waals surface area contributed by atoms with Crippen LogP contribution in [0.4, 0.5) is 0 Å². The molecule has 1 fully saturated rings. The summed E-state index contributed by atoms with van der Waals surface area (Å²) in [5.41, 5.74) is 2.20. The number of nitriles is 1. The van der Waals surface area contributed by atoms with Gasteiger partial charge < -0.3 is 5.32 Å². The van der Waals surface area contributed by atoms with Crippen LogP contribution in [-0.2, 0) is 6.54 Å². The molecule has 2 atom stereocenters. The van der Waals surface area contributed by atoms with Crippen LogP contribution in [0.5, 0.6) is 0 Å². The number of nitrogens with zero attached hydrogens (tertiary/aromatic N) is 1. The molecule has 1 aliphatic rings. The fourth-order valence-corrected chi connectivity index (χ4v) is 3.01. The van der Waals surface area contributed by atoms with Crippen LogP contribution in [0.1, 0.15) is 28.3 Å². The van der Waals surface area contributed by atoms with Gasteiger partial charge in [-0.05, 0) is 18.1 Å². The van der Waals surface area contributed by atoms with E-state index in [1.807, 2.05) is 11.4 Å². The molecule has 2 unspecified atom stereocenters. The van der Waals surface area contributed by atoms with E-state index in [9.17, 15) is 0 Å². The predicted octanol–water partition coefficient (Wildman–Crippen LogP) is 3.27. The van der Waals surface area contributed by atoms with E-state index in [0.717, 1.165) is 12.1 Å². The Morgan fingerprint density at radius 1 is 1.33 bits per heavy atom. The van der Waals surface area contributed by atoms with Crippen molar-refractivity contribution >= 4 is 11.3 Å². The zero-order valence-corrected chi connectivity index (χ0v) is 10.8. The summed E-state index contributed by atoms with van der Waals surface area (Å²) in [7, 11) is 0. The average molecular weight is 254 g/mol. The van der Waals surface area contributed by atoms with Crippen molar-refractivity contribution in [1.82, 2.24) is 5.32 Å². The minimum Gasteiger partial charge on any atom is -0.308 e. The maximum atomic E-state index is 8.77. The molecule has 0 bridgehead atoms. The van der Waals surface area contributed by atoms with Crippen molar-refractivity contribution in [2.45, 2.75) is 24.9 Å². The van der Waals surface area contributed by atoms with Gasteiger partial charge in [0.25, 0.3) is 0 Å². The first kappa shape index (κ1) is 11.5. The van der Waals surface area contributed by atoms with E-state index in [2.05, 4.69) is 41.7 Å². The molecule has 1 heterocycles. The van der Waals surface area contributed by atoms with Crippen molar-refractivity contribution in [3.05, 3.63) is 57.8 Å². The monoisotopic (exact) mass is 254 g/mol. The third kappa shape index (κ3) is 2.45. The number of thiophene rings is 1.